The highest BCUT2D eigenvalue weighted by Crippen LogP contribution is 2.35. The number of aromatic nitrogens is 1. The predicted octanol–water partition coefficient (Wildman–Crippen LogP) is 6.98. The maximum absolute atomic E-state index is 12.7. The standard InChI is InChI=1S/C26H32N2O2S/c1-4-5-15-27-25(29)24(31-26(27)30)17-22-16-18(2)28(19(22)3)23-13-11-21(12-14-23)20-9-7-6-8-10-20/h11-14,16-17,20H,4-10,15H2,1-3H3/b24-17-. The molecule has 0 N–H and O–H groups in total. The molecule has 4 nitrogen and oxygen atoms in total. The van der Waals surface area contributed by atoms with Crippen LogP contribution in [0.3, 0.4) is 0 Å². The van der Waals surface area contributed by atoms with Crippen LogP contribution in [0.15, 0.2) is 35.2 Å². The maximum atomic E-state index is 12.7. The molecule has 0 unspecified atom stereocenters. The lowest BCUT2D eigenvalue weighted by atomic mass is 9.84. The lowest BCUT2D eigenvalue weighted by Gasteiger charge is -2.22. The van der Waals surface area contributed by atoms with E-state index in [0.717, 1.165) is 47.2 Å². The van der Waals surface area contributed by atoms with Gasteiger partial charge in [0.05, 0.1) is 4.91 Å². The van der Waals surface area contributed by atoms with Gasteiger partial charge in [0.2, 0.25) is 0 Å². The molecule has 1 saturated heterocycles. The SMILES string of the molecule is CCCCN1C(=O)S/C(=C\c2cc(C)n(-c3ccc(C4CCCCC4)cc3)c2C)C1=O. The van der Waals surface area contributed by atoms with Gasteiger partial charge in [0.15, 0.2) is 0 Å². The van der Waals surface area contributed by atoms with Gasteiger partial charge in [-0.15, -0.1) is 0 Å². The number of benzene rings is 1. The van der Waals surface area contributed by atoms with E-state index in [2.05, 4.69) is 55.7 Å². The van der Waals surface area contributed by atoms with Crippen molar-refractivity contribution in [2.24, 2.45) is 0 Å². The normalized spacial score (nSPS) is 19.1. The van der Waals surface area contributed by atoms with E-state index < -0.39 is 0 Å². The average Bonchev–Trinajstić information content (AvgIpc) is 3.21. The third-order valence-electron chi connectivity index (χ3n) is 6.59. The summed E-state index contributed by atoms with van der Waals surface area (Å²) in [6.45, 7) is 6.73. The van der Waals surface area contributed by atoms with Gasteiger partial charge < -0.3 is 4.57 Å². The molecule has 31 heavy (non-hydrogen) atoms. The van der Waals surface area contributed by atoms with Crippen molar-refractivity contribution >= 4 is 29.0 Å². The number of carbonyl (C=O) groups excluding carboxylic acids is 2. The first-order valence-electron chi connectivity index (χ1n) is 11.5. The number of hydrogen-bond acceptors (Lipinski definition) is 3. The number of unbranched alkanes of at least 4 members (excludes halogenated alkanes) is 1. The van der Waals surface area contributed by atoms with Crippen LogP contribution in [0.2, 0.25) is 0 Å². The number of imide groups is 1. The molecule has 5 heteroatoms. The number of rotatable bonds is 6. The van der Waals surface area contributed by atoms with E-state index in [9.17, 15) is 9.59 Å². The maximum Gasteiger partial charge on any atom is 0.293 e. The zero-order valence-electron chi connectivity index (χ0n) is 18.8. The minimum atomic E-state index is -0.162. The van der Waals surface area contributed by atoms with E-state index in [-0.39, 0.29) is 11.1 Å². The molecular weight excluding hydrogens is 404 g/mol. The number of carbonyl (C=O) groups is 2. The van der Waals surface area contributed by atoms with Crippen molar-refractivity contribution in [3.8, 4) is 5.69 Å². The second-order valence-electron chi connectivity index (χ2n) is 8.78. The van der Waals surface area contributed by atoms with Gasteiger partial charge in [-0.25, -0.2) is 0 Å². The molecule has 1 saturated carbocycles. The van der Waals surface area contributed by atoms with Crippen LogP contribution in [0.25, 0.3) is 11.8 Å². The van der Waals surface area contributed by atoms with Gasteiger partial charge in [0.1, 0.15) is 0 Å². The molecule has 0 atom stereocenters. The Morgan fingerprint density at radius 1 is 1.06 bits per heavy atom. The molecule has 2 heterocycles. The van der Waals surface area contributed by atoms with Gasteiger partial charge in [-0.1, -0.05) is 44.7 Å². The van der Waals surface area contributed by atoms with E-state index in [4.69, 9.17) is 0 Å². The molecule has 164 valence electrons. The zero-order valence-corrected chi connectivity index (χ0v) is 19.6. The summed E-state index contributed by atoms with van der Waals surface area (Å²) in [6, 6.07) is 11.1. The summed E-state index contributed by atoms with van der Waals surface area (Å²) in [4.78, 5) is 26.9. The van der Waals surface area contributed by atoms with Gasteiger partial charge in [0.25, 0.3) is 11.1 Å². The van der Waals surface area contributed by atoms with Crippen molar-refractivity contribution in [1.82, 2.24) is 9.47 Å². The molecule has 0 spiro atoms. The largest absolute Gasteiger partial charge is 0.318 e. The Kier molecular flexibility index (Phi) is 6.71. The molecule has 2 amide bonds. The molecule has 0 radical (unpaired) electrons. The lowest BCUT2D eigenvalue weighted by Crippen LogP contribution is -2.29. The van der Waals surface area contributed by atoms with E-state index in [1.165, 1.54) is 42.6 Å². The number of amides is 2. The van der Waals surface area contributed by atoms with Crippen molar-refractivity contribution in [1.29, 1.82) is 0 Å². The van der Waals surface area contributed by atoms with Gasteiger partial charge in [-0.05, 0) is 86.2 Å². The summed E-state index contributed by atoms with van der Waals surface area (Å²) >= 11 is 1.05. The molecule has 2 fully saturated rings. The minimum absolute atomic E-state index is 0.156. The van der Waals surface area contributed by atoms with Crippen LogP contribution in [-0.2, 0) is 4.79 Å². The molecule has 2 aliphatic rings. The average molecular weight is 437 g/mol. The Hall–Kier alpha value is -2.27. The number of aryl methyl sites for hydroxylation is 1. The van der Waals surface area contributed by atoms with Crippen LogP contribution in [0, 0.1) is 13.8 Å². The van der Waals surface area contributed by atoms with E-state index in [1.54, 1.807) is 0 Å². The summed E-state index contributed by atoms with van der Waals surface area (Å²) in [5.74, 6) is 0.540. The summed E-state index contributed by atoms with van der Waals surface area (Å²) < 4.78 is 2.23. The van der Waals surface area contributed by atoms with Crippen molar-refractivity contribution < 1.29 is 9.59 Å². The van der Waals surface area contributed by atoms with Crippen molar-refractivity contribution in [2.45, 2.75) is 71.6 Å². The second-order valence-corrected chi connectivity index (χ2v) is 9.77. The molecule has 4 rings (SSSR count). The molecule has 2 aromatic rings. The van der Waals surface area contributed by atoms with Crippen LogP contribution in [0.1, 0.15) is 80.3 Å². The summed E-state index contributed by atoms with van der Waals surface area (Å²) in [6.07, 6.45) is 10.4. The van der Waals surface area contributed by atoms with Crippen LogP contribution in [0.5, 0.6) is 0 Å². The third kappa shape index (κ3) is 4.52. The molecule has 1 aliphatic carbocycles. The van der Waals surface area contributed by atoms with Gasteiger partial charge >= 0.3 is 0 Å². The highest BCUT2D eigenvalue weighted by atomic mass is 32.2. The molecule has 1 aromatic heterocycles. The lowest BCUT2D eigenvalue weighted by molar-refractivity contribution is -0.122. The Labute approximate surface area is 189 Å². The fourth-order valence-electron chi connectivity index (χ4n) is 4.81. The monoisotopic (exact) mass is 436 g/mol. The van der Waals surface area contributed by atoms with E-state index in [0.29, 0.717) is 17.4 Å². The first-order chi connectivity index (χ1) is 15.0. The van der Waals surface area contributed by atoms with Crippen molar-refractivity contribution in [2.75, 3.05) is 6.54 Å². The highest BCUT2D eigenvalue weighted by molar-refractivity contribution is 8.18. The third-order valence-corrected chi connectivity index (χ3v) is 7.50. The summed E-state index contributed by atoms with van der Waals surface area (Å²) in [5, 5.41) is -0.156. The first-order valence-corrected chi connectivity index (χ1v) is 12.4. The summed E-state index contributed by atoms with van der Waals surface area (Å²) in [7, 11) is 0. The molecule has 1 aromatic carbocycles. The first kappa shape index (κ1) is 21.9. The minimum Gasteiger partial charge on any atom is -0.318 e. The topological polar surface area (TPSA) is 42.3 Å². The fourth-order valence-corrected chi connectivity index (χ4v) is 5.67. The van der Waals surface area contributed by atoms with Gasteiger partial charge in [0, 0.05) is 23.6 Å². The van der Waals surface area contributed by atoms with Crippen LogP contribution in [0.4, 0.5) is 4.79 Å². The van der Waals surface area contributed by atoms with E-state index in [1.807, 2.05) is 6.08 Å². The van der Waals surface area contributed by atoms with Gasteiger partial charge in [-0.2, -0.15) is 0 Å². The van der Waals surface area contributed by atoms with E-state index >= 15 is 0 Å². The van der Waals surface area contributed by atoms with Crippen LogP contribution >= 0.6 is 11.8 Å². The van der Waals surface area contributed by atoms with Crippen molar-refractivity contribution in [3.05, 3.63) is 57.8 Å². The molecule has 1 aliphatic heterocycles. The zero-order chi connectivity index (χ0) is 22.0. The number of hydrogen-bond donors (Lipinski definition) is 0. The fraction of sp³-hybridized carbons (Fsp3) is 0.462. The number of nitrogens with zero attached hydrogens (tertiary/aromatic N) is 2. The number of thioether (sulfide) groups is 1. The Balaban J connectivity index is 1.57. The van der Waals surface area contributed by atoms with Crippen LogP contribution < -0.4 is 0 Å². The van der Waals surface area contributed by atoms with Gasteiger partial charge in [-0.3, -0.25) is 14.5 Å². The molecular formula is C26H32N2O2S. The smallest absolute Gasteiger partial charge is 0.293 e. The Morgan fingerprint density at radius 2 is 1.77 bits per heavy atom. The summed E-state index contributed by atoms with van der Waals surface area (Å²) in [5.41, 5.74) is 5.80. The quantitative estimate of drug-likeness (QED) is 0.459. The molecule has 0 bridgehead atoms. The van der Waals surface area contributed by atoms with Crippen LogP contribution in [-0.4, -0.2) is 27.2 Å². The predicted molar refractivity (Wildman–Crippen MR) is 129 cm³/mol. The Bertz CT molecular complexity index is 997. The Morgan fingerprint density at radius 3 is 2.45 bits per heavy atom. The highest BCUT2D eigenvalue weighted by Gasteiger charge is 2.34. The van der Waals surface area contributed by atoms with Crippen molar-refractivity contribution in [3.63, 3.8) is 0 Å². The second kappa shape index (κ2) is 9.47.